The smallest absolute Gasteiger partial charge is 0.273 e. The highest BCUT2D eigenvalue weighted by atomic mass is 16.6. The second-order valence-electron chi connectivity index (χ2n) is 4.79. The monoisotopic (exact) mass is 250 g/mol. The van der Waals surface area contributed by atoms with Crippen molar-refractivity contribution in [1.82, 2.24) is 4.90 Å². The molecule has 1 aromatic rings. The van der Waals surface area contributed by atoms with E-state index in [1.165, 1.54) is 0 Å². The summed E-state index contributed by atoms with van der Waals surface area (Å²) >= 11 is 0. The molecule has 1 fully saturated rings. The number of nitro groups is 1. The van der Waals surface area contributed by atoms with Crippen molar-refractivity contribution in [2.45, 2.75) is 19.4 Å². The SMILES string of the molecule is O=[N+]([O-])c1ccccc1CN1CCC(CCO)C1. The van der Waals surface area contributed by atoms with Gasteiger partial charge in [0.25, 0.3) is 5.69 Å². The van der Waals surface area contributed by atoms with E-state index in [4.69, 9.17) is 5.11 Å². The number of aliphatic hydroxyl groups excluding tert-OH is 1. The molecule has 0 aliphatic carbocycles. The third-order valence-corrected chi connectivity index (χ3v) is 3.49. The number of likely N-dealkylation sites (tertiary alicyclic amines) is 1. The maximum Gasteiger partial charge on any atom is 0.273 e. The molecule has 1 atom stereocenters. The summed E-state index contributed by atoms with van der Waals surface area (Å²) in [4.78, 5) is 12.8. The zero-order chi connectivity index (χ0) is 13.0. The Bertz CT molecular complexity index is 422. The quantitative estimate of drug-likeness (QED) is 0.639. The van der Waals surface area contributed by atoms with E-state index in [2.05, 4.69) is 4.90 Å². The van der Waals surface area contributed by atoms with Crippen LogP contribution >= 0.6 is 0 Å². The molecular weight excluding hydrogens is 232 g/mol. The zero-order valence-electron chi connectivity index (χ0n) is 10.3. The second-order valence-corrected chi connectivity index (χ2v) is 4.79. The Morgan fingerprint density at radius 3 is 2.94 bits per heavy atom. The summed E-state index contributed by atoms with van der Waals surface area (Å²) in [7, 11) is 0. The molecule has 1 heterocycles. The Labute approximate surface area is 106 Å². The summed E-state index contributed by atoms with van der Waals surface area (Å²) in [5.74, 6) is 0.526. The van der Waals surface area contributed by atoms with Crippen LogP contribution in [-0.2, 0) is 6.54 Å². The lowest BCUT2D eigenvalue weighted by Crippen LogP contribution is -2.21. The van der Waals surface area contributed by atoms with E-state index < -0.39 is 0 Å². The first-order valence-corrected chi connectivity index (χ1v) is 6.26. The molecule has 0 amide bonds. The van der Waals surface area contributed by atoms with Crippen molar-refractivity contribution in [3.8, 4) is 0 Å². The van der Waals surface area contributed by atoms with Gasteiger partial charge in [-0.05, 0) is 25.3 Å². The lowest BCUT2D eigenvalue weighted by atomic mass is 10.1. The van der Waals surface area contributed by atoms with Crippen molar-refractivity contribution in [2.24, 2.45) is 5.92 Å². The zero-order valence-corrected chi connectivity index (χ0v) is 10.3. The fraction of sp³-hybridized carbons (Fsp3) is 0.538. The maximum absolute atomic E-state index is 10.9. The van der Waals surface area contributed by atoms with E-state index in [0.29, 0.717) is 12.5 Å². The summed E-state index contributed by atoms with van der Waals surface area (Å²) in [5, 5.41) is 19.8. The fourth-order valence-electron chi connectivity index (χ4n) is 2.54. The minimum Gasteiger partial charge on any atom is -0.396 e. The van der Waals surface area contributed by atoms with Crippen LogP contribution < -0.4 is 0 Å². The van der Waals surface area contributed by atoms with Crippen LogP contribution in [-0.4, -0.2) is 34.6 Å². The normalized spacial score (nSPS) is 20.2. The molecule has 18 heavy (non-hydrogen) atoms. The third kappa shape index (κ3) is 3.05. The van der Waals surface area contributed by atoms with E-state index in [-0.39, 0.29) is 17.2 Å². The molecule has 0 bridgehead atoms. The molecular formula is C13H18N2O3. The van der Waals surface area contributed by atoms with Crippen LogP contribution in [0.15, 0.2) is 24.3 Å². The highest BCUT2D eigenvalue weighted by Gasteiger charge is 2.24. The number of benzene rings is 1. The van der Waals surface area contributed by atoms with Crippen LogP contribution in [0.4, 0.5) is 5.69 Å². The Morgan fingerprint density at radius 1 is 1.44 bits per heavy atom. The van der Waals surface area contributed by atoms with Gasteiger partial charge >= 0.3 is 0 Å². The molecule has 0 radical (unpaired) electrons. The van der Waals surface area contributed by atoms with Gasteiger partial charge in [-0.25, -0.2) is 0 Å². The molecule has 0 aromatic heterocycles. The summed E-state index contributed by atoms with van der Waals surface area (Å²) in [6, 6.07) is 6.90. The van der Waals surface area contributed by atoms with Crippen molar-refractivity contribution in [3.63, 3.8) is 0 Å². The average Bonchev–Trinajstić information content (AvgIpc) is 2.77. The Balaban J connectivity index is 2.00. The molecule has 5 nitrogen and oxygen atoms in total. The lowest BCUT2D eigenvalue weighted by molar-refractivity contribution is -0.385. The van der Waals surface area contributed by atoms with E-state index in [1.807, 2.05) is 12.1 Å². The highest BCUT2D eigenvalue weighted by molar-refractivity contribution is 5.39. The van der Waals surface area contributed by atoms with Crippen LogP contribution in [0.25, 0.3) is 0 Å². The lowest BCUT2D eigenvalue weighted by Gasteiger charge is -2.15. The standard InChI is InChI=1S/C13H18N2O3/c16-8-6-11-5-7-14(9-11)10-12-3-1-2-4-13(12)15(17)18/h1-4,11,16H,5-10H2. The Hall–Kier alpha value is -1.46. The number of aliphatic hydroxyl groups is 1. The molecule has 0 saturated carbocycles. The van der Waals surface area contributed by atoms with Crippen molar-refractivity contribution < 1.29 is 10.0 Å². The summed E-state index contributed by atoms with van der Waals surface area (Å²) < 4.78 is 0. The van der Waals surface area contributed by atoms with Gasteiger partial charge in [0.1, 0.15) is 0 Å². The van der Waals surface area contributed by atoms with E-state index >= 15 is 0 Å². The van der Waals surface area contributed by atoms with Gasteiger partial charge in [0.05, 0.1) is 4.92 Å². The summed E-state index contributed by atoms with van der Waals surface area (Å²) in [5.41, 5.74) is 0.968. The van der Waals surface area contributed by atoms with Crippen molar-refractivity contribution in [2.75, 3.05) is 19.7 Å². The van der Waals surface area contributed by atoms with Gasteiger partial charge in [-0.2, -0.15) is 0 Å². The first kappa shape index (κ1) is 13.0. The molecule has 1 unspecified atom stereocenters. The summed E-state index contributed by atoms with van der Waals surface area (Å²) in [6.07, 6.45) is 1.90. The van der Waals surface area contributed by atoms with Gasteiger partial charge in [0.15, 0.2) is 0 Å². The number of rotatable bonds is 5. The molecule has 1 aromatic carbocycles. The van der Waals surface area contributed by atoms with Crippen molar-refractivity contribution >= 4 is 5.69 Å². The van der Waals surface area contributed by atoms with Gasteiger partial charge in [-0.3, -0.25) is 15.0 Å². The predicted octanol–water partition coefficient (Wildman–Crippen LogP) is 1.80. The van der Waals surface area contributed by atoms with Crippen LogP contribution in [0.3, 0.4) is 0 Å². The molecule has 1 aliphatic heterocycles. The van der Waals surface area contributed by atoms with Crippen molar-refractivity contribution in [1.29, 1.82) is 0 Å². The van der Waals surface area contributed by atoms with E-state index in [0.717, 1.165) is 31.5 Å². The number of hydrogen-bond acceptors (Lipinski definition) is 4. The van der Waals surface area contributed by atoms with E-state index in [9.17, 15) is 10.1 Å². The molecule has 5 heteroatoms. The molecule has 2 rings (SSSR count). The molecule has 1 N–H and O–H groups in total. The van der Waals surface area contributed by atoms with Gasteiger partial charge in [-0.15, -0.1) is 0 Å². The molecule has 1 saturated heterocycles. The predicted molar refractivity (Wildman–Crippen MR) is 68.2 cm³/mol. The summed E-state index contributed by atoms with van der Waals surface area (Å²) in [6.45, 7) is 2.73. The molecule has 0 spiro atoms. The number of hydrogen-bond donors (Lipinski definition) is 1. The fourth-order valence-corrected chi connectivity index (χ4v) is 2.54. The number of nitrogens with zero attached hydrogens (tertiary/aromatic N) is 2. The van der Waals surface area contributed by atoms with E-state index in [1.54, 1.807) is 12.1 Å². The van der Waals surface area contributed by atoms with Gasteiger partial charge in [-0.1, -0.05) is 18.2 Å². The third-order valence-electron chi connectivity index (χ3n) is 3.49. The Morgan fingerprint density at radius 2 is 2.22 bits per heavy atom. The number of para-hydroxylation sites is 1. The van der Waals surface area contributed by atoms with Gasteiger partial charge in [0, 0.05) is 31.3 Å². The van der Waals surface area contributed by atoms with Crippen LogP contribution in [0.1, 0.15) is 18.4 Å². The topological polar surface area (TPSA) is 66.6 Å². The van der Waals surface area contributed by atoms with Crippen LogP contribution in [0.5, 0.6) is 0 Å². The largest absolute Gasteiger partial charge is 0.396 e. The highest BCUT2D eigenvalue weighted by Crippen LogP contribution is 2.24. The number of nitro benzene ring substituents is 1. The maximum atomic E-state index is 10.9. The first-order chi connectivity index (χ1) is 8.70. The second kappa shape index (κ2) is 5.93. The minimum atomic E-state index is -0.323. The minimum absolute atomic E-state index is 0.197. The Kier molecular flexibility index (Phi) is 4.28. The van der Waals surface area contributed by atoms with Gasteiger partial charge in [0.2, 0.25) is 0 Å². The molecule has 1 aliphatic rings. The van der Waals surface area contributed by atoms with Crippen LogP contribution in [0, 0.1) is 16.0 Å². The average molecular weight is 250 g/mol. The first-order valence-electron chi connectivity index (χ1n) is 6.26. The van der Waals surface area contributed by atoms with Crippen LogP contribution in [0.2, 0.25) is 0 Å². The van der Waals surface area contributed by atoms with Crippen molar-refractivity contribution in [3.05, 3.63) is 39.9 Å². The van der Waals surface area contributed by atoms with Gasteiger partial charge < -0.3 is 5.11 Å². The molecule has 98 valence electrons.